The number of carbonyl (C=O) groups excluding carboxylic acids is 1. The summed E-state index contributed by atoms with van der Waals surface area (Å²) in [6.45, 7) is 0. The molecule has 1 saturated carbocycles. The summed E-state index contributed by atoms with van der Waals surface area (Å²) in [6.07, 6.45) is 9.76. The van der Waals surface area contributed by atoms with Crippen molar-refractivity contribution < 1.29 is 9.21 Å². The van der Waals surface area contributed by atoms with Crippen molar-refractivity contribution in [2.75, 3.05) is 0 Å². The maximum absolute atomic E-state index is 11.9. The summed E-state index contributed by atoms with van der Waals surface area (Å²) in [5.41, 5.74) is 6.96. The molecule has 0 saturated heterocycles. The van der Waals surface area contributed by atoms with Crippen LogP contribution in [0.4, 0.5) is 0 Å². The quantitative estimate of drug-likeness (QED) is 0.849. The molecule has 2 N–H and O–H groups in total. The van der Waals surface area contributed by atoms with E-state index in [-0.39, 0.29) is 11.3 Å². The van der Waals surface area contributed by atoms with Crippen molar-refractivity contribution >= 4 is 5.78 Å². The molecule has 0 bridgehead atoms. The van der Waals surface area contributed by atoms with Crippen molar-refractivity contribution in [3.63, 3.8) is 0 Å². The number of nitrogens with two attached hydrogens (primary N) is 1. The van der Waals surface area contributed by atoms with Gasteiger partial charge in [-0.05, 0) is 24.5 Å². The molecule has 0 atom stereocenters. The monoisotopic (exact) mass is 221 g/mol. The molecule has 0 radical (unpaired) electrons. The van der Waals surface area contributed by atoms with Crippen LogP contribution in [0.3, 0.4) is 0 Å². The van der Waals surface area contributed by atoms with Crippen LogP contribution in [-0.4, -0.2) is 11.3 Å². The fourth-order valence-corrected chi connectivity index (χ4v) is 2.51. The van der Waals surface area contributed by atoms with E-state index in [1.807, 2.05) is 6.07 Å². The van der Waals surface area contributed by atoms with E-state index in [0.29, 0.717) is 12.8 Å². The van der Waals surface area contributed by atoms with Crippen LogP contribution in [0, 0.1) is 0 Å². The Hall–Kier alpha value is -1.09. The SMILES string of the molecule is NC1(CC(=O)Cc2ccoc2)CCCCC1. The predicted molar refractivity (Wildman–Crippen MR) is 62.0 cm³/mol. The summed E-state index contributed by atoms with van der Waals surface area (Å²) >= 11 is 0. The van der Waals surface area contributed by atoms with E-state index in [1.165, 1.54) is 6.42 Å². The van der Waals surface area contributed by atoms with E-state index < -0.39 is 0 Å². The van der Waals surface area contributed by atoms with Crippen molar-refractivity contribution in [2.24, 2.45) is 5.73 Å². The van der Waals surface area contributed by atoms with Gasteiger partial charge in [0.1, 0.15) is 5.78 Å². The first-order valence-corrected chi connectivity index (χ1v) is 6.00. The highest BCUT2D eigenvalue weighted by Gasteiger charge is 2.29. The second-order valence-corrected chi connectivity index (χ2v) is 4.95. The van der Waals surface area contributed by atoms with Crippen molar-refractivity contribution in [3.05, 3.63) is 24.2 Å². The normalized spacial score (nSPS) is 19.6. The first kappa shape index (κ1) is 11.4. The zero-order valence-corrected chi connectivity index (χ0v) is 9.58. The first-order valence-electron chi connectivity index (χ1n) is 6.00. The van der Waals surface area contributed by atoms with E-state index in [9.17, 15) is 4.79 Å². The van der Waals surface area contributed by atoms with Gasteiger partial charge < -0.3 is 10.2 Å². The highest BCUT2D eigenvalue weighted by Crippen LogP contribution is 2.29. The number of hydrogen-bond acceptors (Lipinski definition) is 3. The van der Waals surface area contributed by atoms with Crippen LogP contribution in [0.15, 0.2) is 23.0 Å². The average Bonchev–Trinajstić information content (AvgIpc) is 2.70. The molecule has 0 aromatic carbocycles. The summed E-state index contributed by atoms with van der Waals surface area (Å²) in [4.78, 5) is 11.9. The van der Waals surface area contributed by atoms with Gasteiger partial charge in [0.05, 0.1) is 12.5 Å². The molecule has 2 rings (SSSR count). The lowest BCUT2D eigenvalue weighted by Crippen LogP contribution is -2.43. The fraction of sp³-hybridized carbons (Fsp3) is 0.615. The van der Waals surface area contributed by atoms with Gasteiger partial charge in [0.25, 0.3) is 0 Å². The van der Waals surface area contributed by atoms with Crippen LogP contribution in [0.2, 0.25) is 0 Å². The molecule has 0 aliphatic heterocycles. The summed E-state index contributed by atoms with van der Waals surface area (Å²) < 4.78 is 4.95. The summed E-state index contributed by atoms with van der Waals surface area (Å²) in [5, 5.41) is 0. The summed E-state index contributed by atoms with van der Waals surface area (Å²) in [6, 6.07) is 1.84. The van der Waals surface area contributed by atoms with E-state index in [2.05, 4.69) is 0 Å². The smallest absolute Gasteiger partial charge is 0.139 e. The lowest BCUT2D eigenvalue weighted by molar-refractivity contribution is -0.119. The number of hydrogen-bond donors (Lipinski definition) is 1. The highest BCUT2D eigenvalue weighted by molar-refractivity contribution is 5.81. The maximum atomic E-state index is 11.9. The van der Waals surface area contributed by atoms with Gasteiger partial charge in [-0.1, -0.05) is 19.3 Å². The van der Waals surface area contributed by atoms with Crippen LogP contribution >= 0.6 is 0 Å². The zero-order chi connectivity index (χ0) is 11.4. The first-order chi connectivity index (χ1) is 7.68. The molecule has 0 spiro atoms. The number of carbonyl (C=O) groups is 1. The maximum Gasteiger partial charge on any atom is 0.139 e. The third-order valence-electron chi connectivity index (χ3n) is 3.38. The van der Waals surface area contributed by atoms with Gasteiger partial charge in [-0.25, -0.2) is 0 Å². The summed E-state index contributed by atoms with van der Waals surface area (Å²) in [5.74, 6) is 0.228. The number of rotatable bonds is 4. The van der Waals surface area contributed by atoms with Crippen molar-refractivity contribution in [3.8, 4) is 0 Å². The van der Waals surface area contributed by atoms with Gasteiger partial charge in [-0.3, -0.25) is 4.79 Å². The van der Waals surface area contributed by atoms with Crippen LogP contribution in [-0.2, 0) is 11.2 Å². The average molecular weight is 221 g/mol. The fourth-order valence-electron chi connectivity index (χ4n) is 2.51. The lowest BCUT2D eigenvalue weighted by Gasteiger charge is -2.32. The van der Waals surface area contributed by atoms with E-state index in [1.54, 1.807) is 12.5 Å². The van der Waals surface area contributed by atoms with Crippen LogP contribution in [0.5, 0.6) is 0 Å². The zero-order valence-electron chi connectivity index (χ0n) is 9.58. The molecule has 1 heterocycles. The Balaban J connectivity index is 1.86. The van der Waals surface area contributed by atoms with Crippen LogP contribution < -0.4 is 5.73 Å². The number of Topliss-reactive ketones (excluding diaryl/α,β-unsaturated/α-hetero) is 1. The van der Waals surface area contributed by atoms with Crippen LogP contribution in [0.1, 0.15) is 44.1 Å². The predicted octanol–water partition coefficient (Wildman–Crippen LogP) is 2.44. The molecule has 88 valence electrons. The standard InChI is InChI=1S/C13H19NO2/c14-13(5-2-1-3-6-13)9-12(15)8-11-4-7-16-10-11/h4,7,10H,1-3,5-6,8-9,14H2. The largest absolute Gasteiger partial charge is 0.472 e. The molecule has 3 nitrogen and oxygen atoms in total. The lowest BCUT2D eigenvalue weighted by atomic mass is 9.78. The van der Waals surface area contributed by atoms with Crippen LogP contribution in [0.25, 0.3) is 0 Å². The molecule has 0 amide bonds. The molecule has 1 aromatic rings. The van der Waals surface area contributed by atoms with E-state index >= 15 is 0 Å². The Bertz CT molecular complexity index is 337. The van der Waals surface area contributed by atoms with Gasteiger partial charge in [0.2, 0.25) is 0 Å². The second kappa shape index (κ2) is 4.83. The van der Waals surface area contributed by atoms with Crippen molar-refractivity contribution in [1.29, 1.82) is 0 Å². The number of ketones is 1. The molecule has 1 fully saturated rings. The Labute approximate surface area is 96.0 Å². The molecule has 3 heteroatoms. The molecular weight excluding hydrogens is 202 g/mol. The second-order valence-electron chi connectivity index (χ2n) is 4.95. The Morgan fingerprint density at radius 2 is 2.12 bits per heavy atom. The minimum Gasteiger partial charge on any atom is -0.472 e. The third-order valence-corrected chi connectivity index (χ3v) is 3.38. The van der Waals surface area contributed by atoms with E-state index in [0.717, 1.165) is 31.2 Å². The Morgan fingerprint density at radius 1 is 1.38 bits per heavy atom. The molecule has 1 aliphatic rings. The summed E-state index contributed by atoms with van der Waals surface area (Å²) in [7, 11) is 0. The van der Waals surface area contributed by atoms with Crippen molar-refractivity contribution in [2.45, 2.75) is 50.5 Å². The van der Waals surface area contributed by atoms with Crippen molar-refractivity contribution in [1.82, 2.24) is 0 Å². The Kier molecular flexibility index (Phi) is 3.44. The Morgan fingerprint density at radius 3 is 2.75 bits per heavy atom. The van der Waals surface area contributed by atoms with Gasteiger partial charge in [-0.2, -0.15) is 0 Å². The minimum atomic E-state index is -0.237. The third kappa shape index (κ3) is 2.95. The van der Waals surface area contributed by atoms with Gasteiger partial charge in [0, 0.05) is 18.4 Å². The minimum absolute atomic E-state index is 0.228. The molecule has 16 heavy (non-hydrogen) atoms. The molecular formula is C13H19NO2. The number of furan rings is 1. The molecule has 1 aliphatic carbocycles. The highest BCUT2D eigenvalue weighted by atomic mass is 16.3. The molecule has 1 aromatic heterocycles. The topological polar surface area (TPSA) is 56.2 Å². The molecule has 0 unspecified atom stereocenters. The van der Waals surface area contributed by atoms with Gasteiger partial charge >= 0.3 is 0 Å². The van der Waals surface area contributed by atoms with Gasteiger partial charge in [0.15, 0.2) is 0 Å². The van der Waals surface area contributed by atoms with E-state index in [4.69, 9.17) is 10.2 Å². The van der Waals surface area contributed by atoms with Gasteiger partial charge in [-0.15, -0.1) is 0 Å².